The van der Waals surface area contributed by atoms with Crippen molar-refractivity contribution in [2.45, 2.75) is 45.2 Å². The van der Waals surface area contributed by atoms with E-state index in [0.29, 0.717) is 11.4 Å². The highest BCUT2D eigenvalue weighted by Crippen LogP contribution is 2.36. The molecule has 0 spiro atoms. The van der Waals surface area contributed by atoms with Gasteiger partial charge in [0.2, 0.25) is 0 Å². The lowest BCUT2D eigenvalue weighted by molar-refractivity contribution is 0.124. The molecule has 1 aliphatic rings. The molecule has 1 fully saturated rings. The van der Waals surface area contributed by atoms with Crippen LogP contribution in [0.5, 0.6) is 11.5 Å². The maximum atomic E-state index is 13.0. The Morgan fingerprint density at radius 2 is 1.64 bits per heavy atom. The molecule has 0 amide bonds. The van der Waals surface area contributed by atoms with Gasteiger partial charge in [0.05, 0.1) is 30.9 Å². The fourth-order valence-corrected chi connectivity index (χ4v) is 6.39. The zero-order valence-electron chi connectivity index (χ0n) is 26.9. The first kappa shape index (κ1) is 31.7. The molecule has 0 radical (unpaired) electrons. The van der Waals surface area contributed by atoms with Gasteiger partial charge in [-0.25, -0.2) is 0 Å². The Labute approximate surface area is 261 Å². The predicted octanol–water partition coefficient (Wildman–Crippen LogP) is 5.43. The number of rotatable bonds is 13. The summed E-state index contributed by atoms with van der Waals surface area (Å²) in [4.78, 5) is 22.2. The van der Waals surface area contributed by atoms with Crippen LogP contribution in [-0.4, -0.2) is 73.3 Å². The van der Waals surface area contributed by atoms with Crippen LogP contribution in [0.3, 0.4) is 0 Å². The van der Waals surface area contributed by atoms with Crippen molar-refractivity contribution in [1.82, 2.24) is 24.7 Å². The second-order valence-corrected chi connectivity index (χ2v) is 11.8. The van der Waals surface area contributed by atoms with Crippen LogP contribution in [0.2, 0.25) is 0 Å². The Balaban J connectivity index is 1.19. The van der Waals surface area contributed by atoms with E-state index in [0.717, 1.165) is 79.4 Å². The fourth-order valence-electron chi connectivity index (χ4n) is 6.39. The van der Waals surface area contributed by atoms with E-state index >= 15 is 0 Å². The van der Waals surface area contributed by atoms with Crippen molar-refractivity contribution in [3.05, 3.63) is 88.0 Å². The number of nitrogens with zero attached hydrogens (tertiary/aromatic N) is 4. The van der Waals surface area contributed by atoms with E-state index in [4.69, 9.17) is 9.47 Å². The molecule has 1 aliphatic heterocycles. The number of hydrogen-bond acceptors (Lipinski definition) is 7. The van der Waals surface area contributed by atoms with Crippen molar-refractivity contribution in [2.75, 3.05) is 54.0 Å². The van der Waals surface area contributed by atoms with Crippen LogP contribution in [0.1, 0.15) is 48.9 Å². The molecule has 0 aliphatic carbocycles. The monoisotopic (exact) mass is 597 g/mol. The molecule has 3 heterocycles. The second kappa shape index (κ2) is 14.8. The summed E-state index contributed by atoms with van der Waals surface area (Å²) in [5.74, 6) is 1.54. The molecule has 234 valence electrons. The third-order valence-electron chi connectivity index (χ3n) is 9.04. The van der Waals surface area contributed by atoms with Gasteiger partial charge in [-0.2, -0.15) is 0 Å². The van der Waals surface area contributed by atoms with Crippen molar-refractivity contribution in [2.24, 2.45) is 7.05 Å². The average molecular weight is 598 g/mol. The lowest BCUT2D eigenvalue weighted by Crippen LogP contribution is -2.46. The van der Waals surface area contributed by atoms with Gasteiger partial charge in [0.1, 0.15) is 11.5 Å². The molecule has 1 N–H and O–H groups in total. The molecule has 8 nitrogen and oxygen atoms in total. The number of methoxy groups -OCH3 is 2. The van der Waals surface area contributed by atoms with Gasteiger partial charge in [-0.1, -0.05) is 37.6 Å². The topological polar surface area (TPSA) is 71.9 Å². The van der Waals surface area contributed by atoms with Crippen LogP contribution < -0.4 is 20.3 Å². The van der Waals surface area contributed by atoms with Crippen molar-refractivity contribution in [1.29, 1.82) is 0 Å². The van der Waals surface area contributed by atoms with Gasteiger partial charge in [0, 0.05) is 63.8 Å². The molecule has 0 saturated carbocycles. The zero-order chi connectivity index (χ0) is 31.1. The highest BCUT2D eigenvalue weighted by Gasteiger charge is 2.22. The summed E-state index contributed by atoms with van der Waals surface area (Å²) in [7, 11) is 7.24. The van der Waals surface area contributed by atoms with Crippen molar-refractivity contribution in [3.8, 4) is 22.8 Å². The number of ether oxygens (including phenoxy) is 2. The van der Waals surface area contributed by atoms with Crippen molar-refractivity contribution >= 4 is 10.8 Å². The van der Waals surface area contributed by atoms with Crippen molar-refractivity contribution < 1.29 is 9.47 Å². The highest BCUT2D eigenvalue weighted by molar-refractivity contribution is 5.85. The predicted molar refractivity (Wildman–Crippen MR) is 179 cm³/mol. The molecule has 2 aromatic carbocycles. The Morgan fingerprint density at radius 3 is 2.27 bits per heavy atom. The summed E-state index contributed by atoms with van der Waals surface area (Å²) in [6.45, 7) is 8.21. The molecule has 4 aromatic rings. The van der Waals surface area contributed by atoms with E-state index in [2.05, 4.69) is 51.3 Å². The Bertz CT molecular complexity index is 1570. The lowest BCUT2D eigenvalue weighted by atomic mass is 10.00. The SMILES string of the molecule is CCCC(NC)c1ccc(CCCN2CCN(Cc3c(OC)cc(-c4cc5ccncc5c(=O)n4C)cc3OC)CC2)cc1. The van der Waals surface area contributed by atoms with Crippen molar-refractivity contribution in [3.63, 3.8) is 0 Å². The van der Waals surface area contributed by atoms with Crippen LogP contribution in [-0.2, 0) is 20.0 Å². The molecule has 2 aromatic heterocycles. The molecule has 1 unspecified atom stereocenters. The second-order valence-electron chi connectivity index (χ2n) is 11.8. The average Bonchev–Trinajstić information content (AvgIpc) is 3.06. The Morgan fingerprint density at radius 1 is 0.955 bits per heavy atom. The molecular weight excluding hydrogens is 550 g/mol. The summed E-state index contributed by atoms with van der Waals surface area (Å²) in [6, 6.07) is 17.6. The molecular formula is C36H47N5O3. The molecule has 1 saturated heterocycles. The van der Waals surface area contributed by atoms with E-state index in [1.807, 2.05) is 31.3 Å². The standard InChI is InChI=1S/C36H47N5O3/c1-6-8-32(37-2)27-12-10-26(11-13-27)9-7-16-40-17-19-41(20-18-40)25-31-34(43-4)22-29(23-35(31)44-5)33-21-28-14-15-38-24-30(28)36(42)39(33)3/h10-15,21-24,32,37H,6-9,16-20,25H2,1-5H3. The smallest absolute Gasteiger partial charge is 0.260 e. The molecule has 0 bridgehead atoms. The van der Waals surface area contributed by atoms with Crippen LogP contribution in [0, 0.1) is 0 Å². The van der Waals surface area contributed by atoms with Gasteiger partial charge in [0.15, 0.2) is 0 Å². The minimum atomic E-state index is -0.0755. The number of hydrogen-bond donors (Lipinski definition) is 1. The van der Waals surface area contributed by atoms with E-state index in [1.54, 1.807) is 38.2 Å². The third kappa shape index (κ3) is 7.15. The first-order valence-electron chi connectivity index (χ1n) is 15.9. The summed E-state index contributed by atoms with van der Waals surface area (Å²) in [6.07, 6.45) is 7.96. The van der Waals surface area contributed by atoms with Crippen LogP contribution in [0.15, 0.2) is 65.7 Å². The Kier molecular flexibility index (Phi) is 10.7. The van der Waals surface area contributed by atoms with Gasteiger partial charge < -0.3 is 24.3 Å². The van der Waals surface area contributed by atoms with Crippen LogP contribution in [0.25, 0.3) is 22.0 Å². The summed E-state index contributed by atoms with van der Waals surface area (Å²) < 4.78 is 13.4. The Hall–Kier alpha value is -3.72. The highest BCUT2D eigenvalue weighted by atomic mass is 16.5. The minimum absolute atomic E-state index is 0.0755. The third-order valence-corrected chi connectivity index (χ3v) is 9.04. The number of nitrogens with one attached hydrogen (secondary N) is 1. The summed E-state index contributed by atoms with van der Waals surface area (Å²) in [5, 5.41) is 4.90. The number of aryl methyl sites for hydroxylation is 1. The quantitative estimate of drug-likeness (QED) is 0.220. The van der Waals surface area contributed by atoms with Gasteiger partial charge in [-0.3, -0.25) is 14.7 Å². The minimum Gasteiger partial charge on any atom is -0.496 e. The zero-order valence-corrected chi connectivity index (χ0v) is 26.9. The van der Waals surface area contributed by atoms with E-state index in [-0.39, 0.29) is 5.56 Å². The van der Waals surface area contributed by atoms with Gasteiger partial charge in [0.25, 0.3) is 5.56 Å². The van der Waals surface area contributed by atoms with Gasteiger partial charge in [-0.15, -0.1) is 0 Å². The maximum absolute atomic E-state index is 13.0. The first-order valence-corrected chi connectivity index (χ1v) is 15.9. The van der Waals surface area contributed by atoms with Gasteiger partial charge in [-0.05, 0) is 73.6 Å². The number of fused-ring (bicyclic) bond motifs is 1. The molecule has 8 heteroatoms. The first-order chi connectivity index (χ1) is 21.4. The van der Waals surface area contributed by atoms with E-state index in [1.165, 1.54) is 30.4 Å². The molecule has 44 heavy (non-hydrogen) atoms. The van der Waals surface area contributed by atoms with Gasteiger partial charge >= 0.3 is 0 Å². The van der Waals surface area contributed by atoms with E-state index in [9.17, 15) is 4.79 Å². The van der Waals surface area contributed by atoms with Crippen LogP contribution in [0.4, 0.5) is 0 Å². The fraction of sp³-hybridized carbons (Fsp3) is 0.444. The van der Waals surface area contributed by atoms with E-state index < -0.39 is 0 Å². The number of aromatic nitrogens is 2. The number of pyridine rings is 2. The molecule has 1 atom stereocenters. The molecule has 5 rings (SSSR count). The van der Waals surface area contributed by atoms with Crippen LogP contribution >= 0.6 is 0 Å². The lowest BCUT2D eigenvalue weighted by Gasteiger charge is -2.35. The maximum Gasteiger partial charge on any atom is 0.260 e. The largest absolute Gasteiger partial charge is 0.496 e. The number of benzene rings is 2. The normalized spacial score (nSPS) is 15.0. The summed E-state index contributed by atoms with van der Waals surface area (Å²) >= 11 is 0. The number of piperazine rings is 1. The summed E-state index contributed by atoms with van der Waals surface area (Å²) in [5.41, 5.74) is 5.44.